The minimum atomic E-state index is 0.0349. The van der Waals surface area contributed by atoms with E-state index in [1.54, 1.807) is 23.9 Å². The third-order valence-electron chi connectivity index (χ3n) is 2.66. The normalized spacial score (nSPS) is 10.0. The van der Waals surface area contributed by atoms with E-state index < -0.39 is 0 Å². The zero-order valence-corrected chi connectivity index (χ0v) is 10.9. The Labute approximate surface area is 111 Å². The van der Waals surface area contributed by atoms with Crippen LogP contribution in [0.4, 0.5) is 0 Å². The average Bonchev–Trinajstić information content (AvgIpc) is 2.40. The van der Waals surface area contributed by atoms with Crippen LogP contribution in [0.3, 0.4) is 0 Å². The number of phenols is 1. The first-order chi connectivity index (χ1) is 8.72. The van der Waals surface area contributed by atoms with Crippen molar-refractivity contribution in [3.05, 3.63) is 53.6 Å². The van der Waals surface area contributed by atoms with E-state index in [2.05, 4.69) is 31.2 Å². The molecular weight excluding hydrogens is 242 g/mol. The third-order valence-corrected chi connectivity index (χ3v) is 3.65. The van der Waals surface area contributed by atoms with Gasteiger partial charge in [-0.25, -0.2) is 0 Å². The predicted molar refractivity (Wildman–Crippen MR) is 72.8 cm³/mol. The predicted octanol–water partition coefficient (Wildman–Crippen LogP) is 3.98. The van der Waals surface area contributed by atoms with Gasteiger partial charge in [-0.15, -0.1) is 0 Å². The molecule has 0 radical (unpaired) electrons. The summed E-state index contributed by atoms with van der Waals surface area (Å²) in [6.07, 6.45) is 1.03. The van der Waals surface area contributed by atoms with Gasteiger partial charge in [0.2, 0.25) is 0 Å². The van der Waals surface area contributed by atoms with Crippen LogP contribution in [0.5, 0.6) is 5.75 Å². The first-order valence-corrected chi connectivity index (χ1v) is 6.54. The molecule has 18 heavy (non-hydrogen) atoms. The van der Waals surface area contributed by atoms with E-state index >= 15 is 0 Å². The molecule has 2 aromatic carbocycles. The number of aryl methyl sites for hydroxylation is 1. The lowest BCUT2D eigenvalue weighted by atomic mass is 10.2. The Kier molecular flexibility index (Phi) is 3.91. The Balaban J connectivity index is 2.18. The molecule has 0 atom stereocenters. The van der Waals surface area contributed by atoms with Gasteiger partial charge in [0.1, 0.15) is 11.8 Å². The molecule has 2 aromatic rings. The fourth-order valence-electron chi connectivity index (χ4n) is 1.60. The van der Waals surface area contributed by atoms with Crippen LogP contribution in [0.2, 0.25) is 0 Å². The van der Waals surface area contributed by atoms with Crippen molar-refractivity contribution in [1.82, 2.24) is 0 Å². The number of benzene rings is 2. The first-order valence-electron chi connectivity index (χ1n) is 5.73. The molecule has 0 aliphatic carbocycles. The van der Waals surface area contributed by atoms with Crippen molar-refractivity contribution in [2.24, 2.45) is 0 Å². The van der Waals surface area contributed by atoms with Crippen LogP contribution < -0.4 is 0 Å². The van der Waals surface area contributed by atoms with Crippen LogP contribution in [0.1, 0.15) is 18.1 Å². The van der Waals surface area contributed by atoms with Gasteiger partial charge in [-0.1, -0.05) is 30.8 Å². The van der Waals surface area contributed by atoms with Crippen LogP contribution in [-0.4, -0.2) is 5.11 Å². The number of hydrogen-bond donors (Lipinski definition) is 1. The van der Waals surface area contributed by atoms with Crippen molar-refractivity contribution in [3.8, 4) is 11.8 Å². The molecule has 0 heterocycles. The molecule has 0 bridgehead atoms. The molecule has 0 unspecified atom stereocenters. The molecule has 0 aromatic heterocycles. The van der Waals surface area contributed by atoms with Crippen molar-refractivity contribution in [3.63, 3.8) is 0 Å². The van der Waals surface area contributed by atoms with E-state index in [0.29, 0.717) is 5.56 Å². The minimum Gasteiger partial charge on any atom is -0.507 e. The Morgan fingerprint density at radius 1 is 1.11 bits per heavy atom. The highest BCUT2D eigenvalue weighted by Gasteiger charge is 2.03. The number of aromatic hydroxyl groups is 1. The van der Waals surface area contributed by atoms with E-state index in [4.69, 9.17) is 5.26 Å². The molecular formula is C15H13NOS. The lowest BCUT2D eigenvalue weighted by molar-refractivity contribution is 0.472. The fraction of sp³-hybridized carbons (Fsp3) is 0.133. The molecule has 90 valence electrons. The zero-order chi connectivity index (χ0) is 13.0. The topological polar surface area (TPSA) is 44.0 Å². The maximum Gasteiger partial charge on any atom is 0.134 e. The smallest absolute Gasteiger partial charge is 0.134 e. The first kappa shape index (κ1) is 12.5. The molecule has 2 rings (SSSR count). The van der Waals surface area contributed by atoms with Crippen molar-refractivity contribution >= 4 is 11.8 Å². The summed E-state index contributed by atoms with van der Waals surface area (Å²) in [5.74, 6) is 0.0349. The van der Waals surface area contributed by atoms with E-state index in [1.807, 2.05) is 12.1 Å². The van der Waals surface area contributed by atoms with Gasteiger partial charge in [-0.2, -0.15) is 5.26 Å². The molecule has 2 nitrogen and oxygen atoms in total. The Hall–Kier alpha value is -1.92. The Morgan fingerprint density at radius 2 is 1.78 bits per heavy atom. The number of hydrogen-bond acceptors (Lipinski definition) is 3. The van der Waals surface area contributed by atoms with E-state index in [9.17, 15) is 5.11 Å². The third kappa shape index (κ3) is 2.85. The van der Waals surface area contributed by atoms with Gasteiger partial charge < -0.3 is 5.11 Å². The second kappa shape index (κ2) is 5.61. The summed E-state index contributed by atoms with van der Waals surface area (Å²) >= 11 is 1.57. The summed E-state index contributed by atoms with van der Waals surface area (Å²) in [6.45, 7) is 2.13. The molecule has 0 aliphatic heterocycles. The summed E-state index contributed by atoms with van der Waals surface area (Å²) in [7, 11) is 0. The van der Waals surface area contributed by atoms with Crippen LogP contribution in [-0.2, 0) is 6.42 Å². The largest absolute Gasteiger partial charge is 0.507 e. The monoisotopic (exact) mass is 255 g/mol. The summed E-state index contributed by atoms with van der Waals surface area (Å²) in [5.41, 5.74) is 1.61. The molecule has 0 spiro atoms. The molecule has 1 N–H and O–H groups in total. The van der Waals surface area contributed by atoms with Gasteiger partial charge in [0.05, 0.1) is 5.56 Å². The number of phenolic OH excluding ortho intramolecular Hbond substituents is 1. The molecule has 0 saturated heterocycles. The second-order valence-corrected chi connectivity index (χ2v) is 5.04. The quantitative estimate of drug-likeness (QED) is 0.902. The highest BCUT2D eigenvalue weighted by atomic mass is 32.2. The second-order valence-electron chi connectivity index (χ2n) is 3.89. The number of nitriles is 1. The van der Waals surface area contributed by atoms with Crippen molar-refractivity contribution in [2.45, 2.75) is 23.1 Å². The standard InChI is InChI=1S/C15H13NOS/c1-2-11-3-6-13(7-4-11)18-14-8-5-12(10-16)15(17)9-14/h3-9,17H,2H2,1H3. The van der Waals surface area contributed by atoms with Crippen LogP contribution >= 0.6 is 11.8 Å². The van der Waals surface area contributed by atoms with E-state index in [0.717, 1.165) is 16.2 Å². The Morgan fingerprint density at radius 3 is 2.33 bits per heavy atom. The minimum absolute atomic E-state index is 0.0349. The molecule has 3 heteroatoms. The van der Waals surface area contributed by atoms with Gasteiger partial charge in [-0.3, -0.25) is 0 Å². The SMILES string of the molecule is CCc1ccc(Sc2ccc(C#N)c(O)c2)cc1. The fourth-order valence-corrected chi connectivity index (χ4v) is 2.45. The molecule has 0 amide bonds. The van der Waals surface area contributed by atoms with Gasteiger partial charge in [0.25, 0.3) is 0 Å². The van der Waals surface area contributed by atoms with Crippen molar-refractivity contribution in [1.29, 1.82) is 5.26 Å². The maximum absolute atomic E-state index is 9.62. The molecule has 0 saturated carbocycles. The van der Waals surface area contributed by atoms with Gasteiger partial charge in [-0.05, 0) is 42.3 Å². The lowest BCUT2D eigenvalue weighted by Gasteiger charge is -2.04. The van der Waals surface area contributed by atoms with Crippen molar-refractivity contribution in [2.75, 3.05) is 0 Å². The number of nitrogens with zero attached hydrogens (tertiary/aromatic N) is 1. The lowest BCUT2D eigenvalue weighted by Crippen LogP contribution is -1.80. The van der Waals surface area contributed by atoms with Crippen LogP contribution in [0.15, 0.2) is 52.3 Å². The van der Waals surface area contributed by atoms with E-state index in [-0.39, 0.29) is 5.75 Å². The van der Waals surface area contributed by atoms with Crippen LogP contribution in [0.25, 0.3) is 0 Å². The highest BCUT2D eigenvalue weighted by molar-refractivity contribution is 7.99. The number of rotatable bonds is 3. The van der Waals surface area contributed by atoms with Crippen LogP contribution in [0, 0.1) is 11.3 Å². The highest BCUT2D eigenvalue weighted by Crippen LogP contribution is 2.31. The zero-order valence-electron chi connectivity index (χ0n) is 10.1. The molecule has 0 aliphatic rings. The average molecular weight is 255 g/mol. The van der Waals surface area contributed by atoms with Crippen molar-refractivity contribution < 1.29 is 5.11 Å². The summed E-state index contributed by atoms with van der Waals surface area (Å²) in [5, 5.41) is 18.4. The molecule has 0 fully saturated rings. The van der Waals surface area contributed by atoms with E-state index in [1.165, 1.54) is 5.56 Å². The van der Waals surface area contributed by atoms with Gasteiger partial charge in [0.15, 0.2) is 0 Å². The maximum atomic E-state index is 9.62. The van der Waals surface area contributed by atoms with Gasteiger partial charge >= 0.3 is 0 Å². The Bertz CT molecular complexity index is 584. The summed E-state index contributed by atoms with van der Waals surface area (Å²) in [6, 6.07) is 15.4. The summed E-state index contributed by atoms with van der Waals surface area (Å²) in [4.78, 5) is 2.05. The summed E-state index contributed by atoms with van der Waals surface area (Å²) < 4.78 is 0. The van der Waals surface area contributed by atoms with Gasteiger partial charge in [0, 0.05) is 9.79 Å².